The number of nitrogens with zero attached hydrogens (tertiary/aromatic N) is 8. The van der Waals surface area contributed by atoms with Crippen LogP contribution in [-0.2, 0) is 60.8 Å². The van der Waals surface area contributed by atoms with E-state index in [4.69, 9.17) is 53.8 Å². The Labute approximate surface area is 580 Å². The molecule has 99 heavy (non-hydrogen) atoms. The fraction of sp³-hybridized carbons (Fsp3) is 0.355. The Morgan fingerprint density at radius 2 is 1.53 bits per heavy atom. The van der Waals surface area contributed by atoms with E-state index < -0.39 is 139 Å². The molecule has 0 aliphatic carbocycles. The fourth-order valence-electron chi connectivity index (χ4n) is 12.3. The number of thiazole rings is 5. The highest BCUT2D eigenvalue weighted by Gasteiger charge is 2.56. The van der Waals surface area contributed by atoms with Gasteiger partial charge in [0, 0.05) is 49.8 Å². The molecule has 10 N–H and O–H groups in total. The highest BCUT2D eigenvalue weighted by Crippen LogP contribution is 2.45. The number of pyridine rings is 1. The zero-order chi connectivity index (χ0) is 70.2. The number of likely N-dealkylation sites (N-methyl/N-ethyl adjacent to an activating group) is 1. The number of aromatic hydroxyl groups is 1. The van der Waals surface area contributed by atoms with Crippen molar-refractivity contribution in [1.29, 1.82) is 0 Å². The molecule has 37 heteroatoms. The molecule has 7 aromatic heterocycles. The van der Waals surface area contributed by atoms with E-state index in [1.807, 2.05) is 32.7 Å². The molecule has 0 unspecified atom stereocenters. The number of allylic oxidation sites excluding steroid dienone is 1. The molecule has 0 saturated carbocycles. The number of aromatic nitrogens is 7. The van der Waals surface area contributed by atoms with Gasteiger partial charge >= 0.3 is 11.9 Å². The van der Waals surface area contributed by atoms with Gasteiger partial charge in [-0.2, -0.15) is 4.73 Å². The largest absolute Gasteiger partial charge is 0.506 e. The molecule has 12 bridgehead atoms. The number of nitrogens with two attached hydrogens (primary N) is 1. The van der Waals surface area contributed by atoms with Crippen LogP contribution in [0.2, 0.25) is 0 Å². The number of nitrogens with one attached hydrogen (secondary N) is 5. The minimum Gasteiger partial charge on any atom is -0.506 e. The number of fused-ring (bicyclic) bond motifs is 16. The van der Waals surface area contributed by atoms with Gasteiger partial charge in [0.1, 0.15) is 126 Å². The topological polar surface area (TPSA) is 434 Å². The van der Waals surface area contributed by atoms with Crippen molar-refractivity contribution >= 4 is 121 Å². The number of hydrogen-bond acceptors (Lipinski definition) is 30. The first-order chi connectivity index (χ1) is 47.3. The lowest BCUT2D eigenvalue weighted by atomic mass is 9.86. The number of aliphatic hydroxyl groups excluding tert-OH is 1. The number of esters is 2. The standard InChI is InChI=1S/C62H60N14O18S5/c1-22(49(63)79)64-50(80)32-19-98-58(69-32)43-37(78)12-28-42(71-43)31-17-96-56(66-31)30-16-91-60(85)45-29-15-89-46(47(61(86)90-14-27-10-9-11-36(39(27)29)76(45)87)93-38-13-62(6)48(25(4)92-38)75(7)26(5)94-62)44(59-70-33(20-99-59)51(81)65-30)74-53(83)35-21-97-57(68-35)41(24(3)88-8)73-54(84)40(23(2)77)72-52(82)34-18-95-55(28)67-34/h9-12,17-21,23,25-26,30,38,40,44,46-48,77-78,87H,1,13-16H2,2-8H3,(H2,63,79)(H,64,80)(H,65,81)(H,72,82)(H,73,84)(H,74,83)/b41-24+/t23-,25+,26-,30+,38+,40+,44+,46+,47+,48-,62+/m1/s1. The van der Waals surface area contributed by atoms with Gasteiger partial charge in [-0.15, -0.1) is 56.7 Å². The number of carbonyl (C=O) groups is 8. The van der Waals surface area contributed by atoms with Crippen molar-refractivity contribution in [3.05, 3.63) is 124 Å². The van der Waals surface area contributed by atoms with E-state index in [9.17, 15) is 34.6 Å². The number of aliphatic hydroxyl groups is 1. The van der Waals surface area contributed by atoms with Gasteiger partial charge in [-0.05, 0) is 59.4 Å². The molecule has 5 aliphatic rings. The lowest BCUT2D eigenvalue weighted by Crippen LogP contribution is -2.58. The zero-order valence-electron chi connectivity index (χ0n) is 53.2. The smallest absolute Gasteiger partial charge is 0.358 e. The van der Waals surface area contributed by atoms with Crippen LogP contribution in [0.15, 0.2) is 69.2 Å². The van der Waals surface area contributed by atoms with Crippen LogP contribution in [0.3, 0.4) is 0 Å². The first-order valence-corrected chi connectivity index (χ1v) is 34.7. The van der Waals surface area contributed by atoms with Gasteiger partial charge < -0.3 is 80.9 Å². The Kier molecular flexibility index (Phi) is 18.5. The SMILES string of the molecule is C=C(NC(=O)c1csc(-c2nc3c(cc2O)-c2nc(cs2)C(=O)N[C@@H]([C@@H](C)O)C(=O)N/C(=C(\C)OC)c2nc(cs2)C(=O)N[C@@H]2c4nc(cs4)C(=O)N[C@@H](COC(=O)c4c5c6c(cccc6n4O)COC(=O)[C@@H](O[C@H]4C[C@]6(C)O[C@H](C)N(C)[C@@H]6[C@H](C)O4)[C@H]2OC5)c2nc-3cs2)n1)C(N)=O. The Bertz CT molecular complexity index is 4690. The van der Waals surface area contributed by atoms with E-state index in [-0.39, 0.29) is 117 Å². The number of benzene rings is 1. The Morgan fingerprint density at radius 1 is 0.848 bits per heavy atom. The number of methoxy groups -OCH3 is 1. The second-order valence-electron chi connectivity index (χ2n) is 23.7. The summed E-state index contributed by atoms with van der Waals surface area (Å²) in [5, 5.41) is 55.7. The molecule has 8 aromatic rings. The maximum Gasteiger partial charge on any atom is 0.358 e. The molecule has 2 saturated heterocycles. The summed E-state index contributed by atoms with van der Waals surface area (Å²) < 4.78 is 45.2. The average Bonchev–Trinajstić information content (AvgIpc) is 1.61. The Hall–Kier alpha value is -9.54. The molecule has 2 fully saturated rings. The van der Waals surface area contributed by atoms with Gasteiger partial charge in [0.2, 0.25) is 5.91 Å². The number of primary amides is 1. The fourth-order valence-corrected chi connectivity index (χ4v) is 16.5. The Morgan fingerprint density at radius 3 is 2.27 bits per heavy atom. The quantitative estimate of drug-likeness (QED) is 0.0433. The van der Waals surface area contributed by atoms with Crippen molar-refractivity contribution in [3.63, 3.8) is 0 Å². The molecule has 6 amide bonds. The minimum atomic E-state index is -1.85. The summed E-state index contributed by atoms with van der Waals surface area (Å²) in [6, 6.07) is 1.07. The van der Waals surface area contributed by atoms with Crippen LogP contribution >= 0.6 is 56.7 Å². The van der Waals surface area contributed by atoms with Crippen LogP contribution in [0.1, 0.15) is 132 Å². The predicted molar refractivity (Wildman–Crippen MR) is 352 cm³/mol. The van der Waals surface area contributed by atoms with Crippen molar-refractivity contribution in [3.8, 4) is 38.4 Å². The summed E-state index contributed by atoms with van der Waals surface area (Å²) in [5.41, 5.74) is 2.83. The molecule has 13 rings (SSSR count). The summed E-state index contributed by atoms with van der Waals surface area (Å²) in [4.78, 5) is 144. The monoisotopic (exact) mass is 1450 g/mol. The molecule has 5 aliphatic heterocycles. The third-order valence-corrected chi connectivity index (χ3v) is 21.7. The summed E-state index contributed by atoms with van der Waals surface area (Å²) >= 11 is 4.53. The predicted octanol–water partition coefficient (Wildman–Crippen LogP) is 4.65. The molecule has 32 nitrogen and oxygen atoms in total. The zero-order valence-corrected chi connectivity index (χ0v) is 57.2. The van der Waals surface area contributed by atoms with Gasteiger partial charge in [-0.3, -0.25) is 33.7 Å². The van der Waals surface area contributed by atoms with Crippen LogP contribution in [0, 0.1) is 0 Å². The second-order valence-corrected chi connectivity index (χ2v) is 28.1. The van der Waals surface area contributed by atoms with Gasteiger partial charge in [-0.1, -0.05) is 18.7 Å². The van der Waals surface area contributed by atoms with Crippen molar-refractivity contribution in [2.24, 2.45) is 5.73 Å². The molecule has 516 valence electrons. The van der Waals surface area contributed by atoms with E-state index in [0.29, 0.717) is 10.3 Å². The molecule has 11 atom stereocenters. The molecular formula is C62H60N14O18S5. The van der Waals surface area contributed by atoms with Crippen LogP contribution in [0.4, 0.5) is 0 Å². The van der Waals surface area contributed by atoms with Crippen LogP contribution in [0.25, 0.3) is 49.3 Å². The highest BCUT2D eigenvalue weighted by atomic mass is 32.1. The first-order valence-electron chi connectivity index (χ1n) is 30.3. The first kappa shape index (κ1) is 68.0. The Balaban J connectivity index is 0.983. The lowest BCUT2D eigenvalue weighted by molar-refractivity contribution is -0.269. The summed E-state index contributed by atoms with van der Waals surface area (Å²) in [7, 11) is 3.22. The van der Waals surface area contributed by atoms with Crippen molar-refractivity contribution in [2.75, 3.05) is 20.8 Å². The maximum atomic E-state index is 15.2. The maximum absolute atomic E-state index is 15.2. The number of ether oxygens (including phenoxy) is 7. The van der Waals surface area contributed by atoms with Gasteiger partial charge in [0.25, 0.3) is 29.5 Å². The minimum absolute atomic E-state index is 0.00319. The van der Waals surface area contributed by atoms with Crippen molar-refractivity contribution < 1.29 is 86.9 Å². The number of carbonyl (C=O) groups excluding carboxylic acids is 8. The third-order valence-electron chi connectivity index (χ3n) is 17.2. The van der Waals surface area contributed by atoms with Gasteiger partial charge in [0.05, 0.1) is 48.8 Å². The summed E-state index contributed by atoms with van der Waals surface area (Å²) in [6.45, 7) is 10.1. The molecule has 1 aromatic carbocycles. The van der Waals surface area contributed by atoms with Crippen LogP contribution in [0.5, 0.6) is 5.75 Å². The van der Waals surface area contributed by atoms with E-state index in [0.717, 1.165) is 56.7 Å². The summed E-state index contributed by atoms with van der Waals surface area (Å²) in [6.07, 6.45) is -7.15. The van der Waals surface area contributed by atoms with E-state index in [2.05, 4.69) is 48.1 Å². The van der Waals surface area contributed by atoms with Gasteiger partial charge in [-0.25, -0.2) is 39.5 Å². The van der Waals surface area contributed by atoms with Crippen LogP contribution < -0.4 is 32.3 Å². The second kappa shape index (κ2) is 26.9. The number of rotatable bonds is 8. The molecule has 12 heterocycles. The number of amides is 6. The van der Waals surface area contributed by atoms with Gasteiger partial charge in [0.15, 0.2) is 18.1 Å². The molecule has 0 spiro atoms. The molecular weight excluding hydrogens is 1390 g/mol. The van der Waals surface area contributed by atoms with Crippen LogP contribution in [-0.4, -0.2) is 178 Å². The average molecular weight is 1450 g/mol. The normalized spacial score (nSPS) is 25.4. The lowest BCUT2D eigenvalue weighted by Gasteiger charge is -2.45. The highest BCUT2D eigenvalue weighted by molar-refractivity contribution is 7.14. The third kappa shape index (κ3) is 12.9. The number of hydrogen-bond donors (Lipinski definition) is 9. The van der Waals surface area contributed by atoms with E-state index >= 15 is 19.2 Å². The number of cyclic esters (lactones) is 2. The summed E-state index contributed by atoms with van der Waals surface area (Å²) in [5.74, 6) is -8.11. The van der Waals surface area contributed by atoms with E-state index in [1.54, 1.807) is 12.1 Å². The van der Waals surface area contributed by atoms with E-state index in [1.165, 1.54) is 60.0 Å². The molecule has 0 radical (unpaired) electrons. The van der Waals surface area contributed by atoms with Crippen molar-refractivity contribution in [2.45, 2.75) is 121 Å². The van der Waals surface area contributed by atoms with Crippen molar-refractivity contribution in [1.82, 2.24) is 66.1 Å².